The summed E-state index contributed by atoms with van der Waals surface area (Å²) in [5.41, 5.74) is 1.37. The minimum Gasteiger partial charge on any atom is -0.354 e. The monoisotopic (exact) mass is 274 g/mol. The van der Waals surface area contributed by atoms with Gasteiger partial charge in [0.15, 0.2) is 0 Å². The fraction of sp³-hybridized carbons (Fsp3) is 0.333. The molecule has 0 radical (unpaired) electrons. The molecule has 2 aromatic rings. The summed E-state index contributed by atoms with van der Waals surface area (Å²) in [5.74, 6) is 1.01. The smallest absolute Gasteiger partial charge is 0.224 e. The van der Waals surface area contributed by atoms with Gasteiger partial charge in [-0.15, -0.1) is 0 Å². The number of nitrogens with zero attached hydrogens (tertiary/aromatic N) is 3. The number of hydrogen-bond acceptors (Lipinski definition) is 4. The van der Waals surface area contributed by atoms with Gasteiger partial charge in [-0.25, -0.2) is 9.37 Å². The summed E-state index contributed by atoms with van der Waals surface area (Å²) in [6, 6.07) is 8.57. The predicted octanol–water partition coefficient (Wildman–Crippen LogP) is 3.51. The maximum absolute atomic E-state index is 14.0. The molecule has 1 aromatic carbocycles. The van der Waals surface area contributed by atoms with Crippen molar-refractivity contribution in [2.24, 2.45) is 0 Å². The Hall–Kier alpha value is -2.17. The van der Waals surface area contributed by atoms with Crippen molar-refractivity contribution >= 4 is 17.5 Å². The van der Waals surface area contributed by atoms with E-state index in [4.69, 9.17) is 0 Å². The molecule has 1 N–H and O–H groups in total. The molecule has 2 rings (SSSR count). The van der Waals surface area contributed by atoms with Crippen molar-refractivity contribution in [1.29, 1.82) is 0 Å². The van der Waals surface area contributed by atoms with Crippen LogP contribution in [0.1, 0.15) is 19.5 Å². The minimum absolute atomic E-state index is 0.254. The average molecular weight is 274 g/mol. The van der Waals surface area contributed by atoms with Gasteiger partial charge in [-0.05, 0) is 32.9 Å². The van der Waals surface area contributed by atoms with Crippen LogP contribution in [0.2, 0.25) is 0 Å². The molecule has 0 amide bonds. The van der Waals surface area contributed by atoms with Gasteiger partial charge in [-0.1, -0.05) is 12.1 Å². The number of rotatable bonds is 5. The highest BCUT2D eigenvalue weighted by Crippen LogP contribution is 2.26. The van der Waals surface area contributed by atoms with E-state index in [-0.39, 0.29) is 5.82 Å². The number of anilines is 3. The zero-order valence-electron chi connectivity index (χ0n) is 12.0. The Morgan fingerprint density at radius 1 is 1.20 bits per heavy atom. The van der Waals surface area contributed by atoms with Gasteiger partial charge in [-0.3, -0.25) is 0 Å². The summed E-state index contributed by atoms with van der Waals surface area (Å²) in [6.07, 6.45) is 0. The summed E-state index contributed by atoms with van der Waals surface area (Å²) in [6.45, 7) is 7.23. The van der Waals surface area contributed by atoms with E-state index in [2.05, 4.69) is 15.3 Å². The van der Waals surface area contributed by atoms with Crippen LogP contribution < -0.4 is 10.2 Å². The van der Waals surface area contributed by atoms with Crippen molar-refractivity contribution in [3.05, 3.63) is 41.8 Å². The van der Waals surface area contributed by atoms with Crippen molar-refractivity contribution in [3.63, 3.8) is 0 Å². The van der Waals surface area contributed by atoms with Gasteiger partial charge < -0.3 is 10.2 Å². The minimum atomic E-state index is -0.254. The molecule has 0 aliphatic rings. The van der Waals surface area contributed by atoms with E-state index in [0.29, 0.717) is 24.0 Å². The zero-order chi connectivity index (χ0) is 14.5. The van der Waals surface area contributed by atoms with E-state index in [1.165, 1.54) is 6.07 Å². The second kappa shape index (κ2) is 6.32. The fourth-order valence-electron chi connectivity index (χ4n) is 2.05. The highest BCUT2D eigenvalue weighted by atomic mass is 19.1. The molecule has 0 saturated heterocycles. The molecule has 0 atom stereocenters. The van der Waals surface area contributed by atoms with E-state index in [9.17, 15) is 4.39 Å². The lowest BCUT2D eigenvalue weighted by atomic mass is 10.2. The molecule has 20 heavy (non-hydrogen) atoms. The van der Waals surface area contributed by atoms with Crippen molar-refractivity contribution in [1.82, 2.24) is 9.97 Å². The van der Waals surface area contributed by atoms with Gasteiger partial charge in [0.2, 0.25) is 5.95 Å². The van der Waals surface area contributed by atoms with E-state index < -0.39 is 0 Å². The summed E-state index contributed by atoms with van der Waals surface area (Å²) >= 11 is 0. The molecule has 0 saturated carbocycles. The van der Waals surface area contributed by atoms with Crippen LogP contribution in [0.15, 0.2) is 30.3 Å². The number of para-hydroxylation sites is 1. The van der Waals surface area contributed by atoms with Gasteiger partial charge in [-0.2, -0.15) is 4.98 Å². The van der Waals surface area contributed by atoms with Crippen LogP contribution >= 0.6 is 0 Å². The van der Waals surface area contributed by atoms with Crippen LogP contribution in [0, 0.1) is 12.7 Å². The number of halogens is 1. The van der Waals surface area contributed by atoms with Crippen LogP contribution in [0.4, 0.5) is 21.8 Å². The first-order chi connectivity index (χ1) is 9.65. The molecule has 5 heteroatoms. The summed E-state index contributed by atoms with van der Waals surface area (Å²) in [4.78, 5) is 10.6. The van der Waals surface area contributed by atoms with Gasteiger partial charge in [0.25, 0.3) is 0 Å². The summed E-state index contributed by atoms with van der Waals surface area (Å²) in [5, 5.41) is 3.09. The van der Waals surface area contributed by atoms with Crippen molar-refractivity contribution < 1.29 is 4.39 Å². The van der Waals surface area contributed by atoms with Crippen LogP contribution in [-0.2, 0) is 0 Å². The molecule has 0 unspecified atom stereocenters. The molecule has 0 fully saturated rings. The molecular weight excluding hydrogens is 255 g/mol. The van der Waals surface area contributed by atoms with Crippen LogP contribution in [0.3, 0.4) is 0 Å². The number of aromatic nitrogens is 2. The van der Waals surface area contributed by atoms with Crippen molar-refractivity contribution in [3.8, 4) is 0 Å². The highest BCUT2D eigenvalue weighted by molar-refractivity contribution is 5.61. The SMILES string of the molecule is CCNc1nc(C)cc(N(CC)c2ccccc2F)n1. The van der Waals surface area contributed by atoms with Crippen molar-refractivity contribution in [2.75, 3.05) is 23.3 Å². The van der Waals surface area contributed by atoms with Gasteiger partial charge in [0.1, 0.15) is 11.6 Å². The predicted molar refractivity (Wildman–Crippen MR) is 80.0 cm³/mol. The molecule has 0 aliphatic heterocycles. The molecule has 106 valence electrons. The Morgan fingerprint density at radius 3 is 2.60 bits per heavy atom. The first-order valence-electron chi connectivity index (χ1n) is 6.77. The number of benzene rings is 1. The average Bonchev–Trinajstić information content (AvgIpc) is 2.41. The molecule has 1 heterocycles. The maximum atomic E-state index is 14.0. The van der Waals surface area contributed by atoms with E-state index >= 15 is 0 Å². The molecule has 0 spiro atoms. The van der Waals surface area contributed by atoms with Crippen LogP contribution in [0.25, 0.3) is 0 Å². The Labute approximate surface area is 118 Å². The topological polar surface area (TPSA) is 41.1 Å². The molecule has 0 bridgehead atoms. The second-order valence-corrected chi connectivity index (χ2v) is 4.42. The third-order valence-electron chi connectivity index (χ3n) is 2.91. The Morgan fingerprint density at radius 2 is 1.95 bits per heavy atom. The van der Waals surface area contributed by atoms with E-state index in [1.807, 2.05) is 37.8 Å². The van der Waals surface area contributed by atoms with E-state index in [1.54, 1.807) is 12.1 Å². The molecule has 1 aromatic heterocycles. The first-order valence-corrected chi connectivity index (χ1v) is 6.77. The quantitative estimate of drug-likeness (QED) is 0.905. The highest BCUT2D eigenvalue weighted by Gasteiger charge is 2.14. The number of hydrogen-bond donors (Lipinski definition) is 1. The molecule has 0 aliphatic carbocycles. The normalized spacial score (nSPS) is 10.4. The third-order valence-corrected chi connectivity index (χ3v) is 2.91. The lowest BCUT2D eigenvalue weighted by Crippen LogP contribution is -2.20. The standard InChI is InChI=1S/C15H19FN4/c1-4-17-15-18-11(3)10-14(19-15)20(5-2)13-9-7-6-8-12(13)16/h6-10H,4-5H2,1-3H3,(H,17,18,19). The van der Waals surface area contributed by atoms with Crippen LogP contribution in [-0.4, -0.2) is 23.1 Å². The molecular formula is C15H19FN4. The van der Waals surface area contributed by atoms with Gasteiger partial charge in [0.05, 0.1) is 5.69 Å². The third kappa shape index (κ3) is 3.04. The Balaban J connectivity index is 2.44. The fourth-order valence-corrected chi connectivity index (χ4v) is 2.05. The zero-order valence-corrected chi connectivity index (χ0v) is 12.0. The number of aryl methyl sites for hydroxylation is 1. The summed E-state index contributed by atoms with van der Waals surface area (Å²) in [7, 11) is 0. The second-order valence-electron chi connectivity index (χ2n) is 4.42. The lowest BCUT2D eigenvalue weighted by Gasteiger charge is -2.23. The molecule has 4 nitrogen and oxygen atoms in total. The van der Waals surface area contributed by atoms with E-state index in [0.717, 1.165) is 12.2 Å². The Kier molecular flexibility index (Phi) is 4.50. The lowest BCUT2D eigenvalue weighted by molar-refractivity contribution is 0.625. The Bertz CT molecular complexity index is 586. The largest absolute Gasteiger partial charge is 0.354 e. The van der Waals surface area contributed by atoms with Crippen LogP contribution in [0.5, 0.6) is 0 Å². The first kappa shape index (κ1) is 14.2. The van der Waals surface area contributed by atoms with Gasteiger partial charge in [0, 0.05) is 24.8 Å². The summed E-state index contributed by atoms with van der Waals surface area (Å²) < 4.78 is 14.0. The van der Waals surface area contributed by atoms with Crippen molar-refractivity contribution in [2.45, 2.75) is 20.8 Å². The maximum Gasteiger partial charge on any atom is 0.224 e. The van der Waals surface area contributed by atoms with Gasteiger partial charge >= 0.3 is 0 Å². The number of nitrogens with one attached hydrogen (secondary N) is 1.